The Morgan fingerprint density at radius 3 is 2.56 bits per heavy atom. The number of nitrogens with one attached hydrogen (secondary N) is 2. The van der Waals surface area contributed by atoms with Crippen LogP contribution in [0.1, 0.15) is 30.9 Å². The first kappa shape index (κ1) is 24.8. The van der Waals surface area contributed by atoms with Gasteiger partial charge in [0.2, 0.25) is 5.91 Å². The highest BCUT2D eigenvalue weighted by molar-refractivity contribution is 5.99. The van der Waals surface area contributed by atoms with E-state index in [0.29, 0.717) is 29.8 Å². The Labute approximate surface area is 200 Å². The van der Waals surface area contributed by atoms with Gasteiger partial charge in [-0.3, -0.25) is 14.4 Å². The number of amides is 2. The predicted octanol–water partition coefficient (Wildman–Crippen LogP) is 3.79. The molecular formula is C27H32N4O3. The van der Waals surface area contributed by atoms with Crippen molar-refractivity contribution in [2.24, 2.45) is 7.05 Å². The summed E-state index contributed by atoms with van der Waals surface area (Å²) >= 11 is 0. The van der Waals surface area contributed by atoms with Crippen molar-refractivity contribution in [3.05, 3.63) is 87.1 Å². The summed E-state index contributed by atoms with van der Waals surface area (Å²) in [6.45, 7) is 5.89. The van der Waals surface area contributed by atoms with Crippen LogP contribution in [0.25, 0.3) is 11.1 Å². The average molecular weight is 461 g/mol. The average Bonchev–Trinajstić information content (AvgIpc) is 3.00. The molecule has 2 amide bonds. The van der Waals surface area contributed by atoms with Gasteiger partial charge in [0, 0.05) is 57.1 Å². The number of aryl methyl sites for hydroxylation is 2. The number of hydrogen-bond donors (Lipinski definition) is 2. The number of nitrogens with zero attached hydrogens (tertiary/aromatic N) is 2. The van der Waals surface area contributed by atoms with Crippen molar-refractivity contribution in [1.82, 2.24) is 14.8 Å². The normalized spacial score (nSPS) is 13.3. The summed E-state index contributed by atoms with van der Waals surface area (Å²) in [5.74, 6) is -0.386. The second kappa shape index (κ2) is 10.4. The molecule has 0 saturated heterocycles. The van der Waals surface area contributed by atoms with Gasteiger partial charge >= 0.3 is 0 Å². The molecule has 7 heteroatoms. The molecule has 2 N–H and O–H groups in total. The van der Waals surface area contributed by atoms with E-state index in [2.05, 4.69) is 30.5 Å². The lowest BCUT2D eigenvalue weighted by Gasteiger charge is -2.16. The number of benzene rings is 1. The molecule has 0 spiro atoms. The van der Waals surface area contributed by atoms with Gasteiger partial charge in [-0.15, -0.1) is 0 Å². The molecule has 34 heavy (non-hydrogen) atoms. The number of carbonyl (C=O) groups excluding carboxylic acids is 2. The van der Waals surface area contributed by atoms with Crippen LogP contribution < -0.4 is 16.2 Å². The van der Waals surface area contributed by atoms with Crippen LogP contribution in [0.3, 0.4) is 0 Å². The molecule has 0 unspecified atom stereocenters. The summed E-state index contributed by atoms with van der Waals surface area (Å²) in [6, 6.07) is 7.98. The molecule has 178 valence electrons. The van der Waals surface area contributed by atoms with Gasteiger partial charge < -0.3 is 20.1 Å². The monoisotopic (exact) mass is 460 g/mol. The highest BCUT2D eigenvalue weighted by Gasteiger charge is 2.20. The molecule has 1 aliphatic rings. The lowest BCUT2D eigenvalue weighted by molar-refractivity contribution is -0.124. The quantitative estimate of drug-likeness (QED) is 0.687. The zero-order valence-electron chi connectivity index (χ0n) is 20.7. The third-order valence-corrected chi connectivity index (χ3v) is 5.89. The zero-order valence-corrected chi connectivity index (χ0v) is 20.7. The van der Waals surface area contributed by atoms with Gasteiger partial charge in [-0.2, -0.15) is 0 Å². The Bertz CT molecular complexity index is 1280. The first-order valence-corrected chi connectivity index (χ1v) is 11.3. The lowest BCUT2D eigenvalue weighted by atomic mass is 9.98. The molecule has 3 rings (SSSR count). The summed E-state index contributed by atoms with van der Waals surface area (Å²) in [5.41, 5.74) is 6.22. The number of aromatic nitrogens is 1. The number of hydrogen-bond acceptors (Lipinski definition) is 4. The van der Waals surface area contributed by atoms with E-state index >= 15 is 0 Å². The van der Waals surface area contributed by atoms with Gasteiger partial charge in [0.25, 0.3) is 11.5 Å². The molecule has 1 aliphatic carbocycles. The number of rotatable bonds is 6. The molecule has 7 nitrogen and oxygen atoms in total. The number of anilines is 1. The fraction of sp³-hybridized carbons (Fsp3) is 0.296. The maximum absolute atomic E-state index is 12.9. The minimum atomic E-state index is -0.215. The van der Waals surface area contributed by atoms with E-state index in [0.717, 1.165) is 22.4 Å². The Kier molecular flexibility index (Phi) is 7.56. The van der Waals surface area contributed by atoms with Gasteiger partial charge in [0.05, 0.1) is 5.57 Å². The molecule has 1 heterocycles. The minimum absolute atomic E-state index is 0.156. The molecule has 0 radical (unpaired) electrons. The maximum atomic E-state index is 12.9. The molecule has 1 aromatic heterocycles. The van der Waals surface area contributed by atoms with Crippen molar-refractivity contribution < 1.29 is 9.59 Å². The second-order valence-corrected chi connectivity index (χ2v) is 8.63. The predicted molar refractivity (Wildman–Crippen MR) is 136 cm³/mol. The number of allylic oxidation sites excluding steroid dienone is 3. The van der Waals surface area contributed by atoms with E-state index in [1.807, 2.05) is 24.4 Å². The molecule has 0 aliphatic heterocycles. The van der Waals surface area contributed by atoms with Crippen molar-refractivity contribution in [1.29, 1.82) is 0 Å². The van der Waals surface area contributed by atoms with Gasteiger partial charge in [-0.05, 0) is 48.8 Å². The first-order chi connectivity index (χ1) is 16.1. The van der Waals surface area contributed by atoms with Crippen LogP contribution >= 0.6 is 0 Å². The van der Waals surface area contributed by atoms with E-state index in [-0.39, 0.29) is 17.4 Å². The van der Waals surface area contributed by atoms with Crippen molar-refractivity contribution in [2.75, 3.05) is 19.4 Å². The fourth-order valence-corrected chi connectivity index (χ4v) is 3.73. The van der Waals surface area contributed by atoms with Crippen LogP contribution in [0.4, 0.5) is 5.69 Å². The molecule has 0 fully saturated rings. The van der Waals surface area contributed by atoms with Gasteiger partial charge in [-0.25, -0.2) is 0 Å². The smallest absolute Gasteiger partial charge is 0.273 e. The van der Waals surface area contributed by atoms with Crippen LogP contribution in [0.2, 0.25) is 0 Å². The third-order valence-electron chi connectivity index (χ3n) is 5.89. The topological polar surface area (TPSA) is 83.4 Å². The largest absolute Gasteiger partial charge is 0.354 e. The second-order valence-electron chi connectivity index (χ2n) is 8.63. The van der Waals surface area contributed by atoms with Crippen molar-refractivity contribution in [3.63, 3.8) is 0 Å². The van der Waals surface area contributed by atoms with E-state index in [4.69, 9.17) is 0 Å². The van der Waals surface area contributed by atoms with Crippen molar-refractivity contribution >= 4 is 17.5 Å². The van der Waals surface area contributed by atoms with Crippen LogP contribution in [-0.4, -0.2) is 35.4 Å². The summed E-state index contributed by atoms with van der Waals surface area (Å²) in [7, 11) is 5.06. The Hall–Kier alpha value is -3.87. The highest BCUT2D eigenvalue weighted by atomic mass is 16.2. The van der Waals surface area contributed by atoms with Crippen LogP contribution in [0.5, 0.6) is 0 Å². The van der Waals surface area contributed by atoms with E-state index in [1.54, 1.807) is 50.9 Å². The summed E-state index contributed by atoms with van der Waals surface area (Å²) in [5, 5.41) is 6.07. The Morgan fingerprint density at radius 2 is 1.88 bits per heavy atom. The van der Waals surface area contributed by atoms with Crippen molar-refractivity contribution in [3.8, 4) is 11.1 Å². The molecular weight excluding hydrogens is 428 g/mol. The maximum Gasteiger partial charge on any atom is 0.273 e. The number of carbonyl (C=O) groups is 2. The Balaban J connectivity index is 2.00. The number of pyridine rings is 1. The van der Waals surface area contributed by atoms with Crippen molar-refractivity contribution in [2.45, 2.75) is 33.6 Å². The molecule has 0 saturated carbocycles. The molecule has 2 aromatic rings. The lowest BCUT2D eigenvalue weighted by Crippen LogP contribution is -2.30. The van der Waals surface area contributed by atoms with E-state index in [9.17, 15) is 14.4 Å². The minimum Gasteiger partial charge on any atom is -0.354 e. The van der Waals surface area contributed by atoms with E-state index < -0.39 is 0 Å². The van der Waals surface area contributed by atoms with Gasteiger partial charge in [0.1, 0.15) is 5.69 Å². The summed E-state index contributed by atoms with van der Waals surface area (Å²) < 4.78 is 1.57. The fourth-order valence-electron chi connectivity index (χ4n) is 3.73. The van der Waals surface area contributed by atoms with Crippen LogP contribution in [0, 0.1) is 13.8 Å². The number of likely N-dealkylation sites (N-methyl/N-ethyl adjacent to an activating group) is 1. The SMILES string of the molecule is CCC(=O)NC1=CCC(Nc2cc(-c3cccc(C)c3C)cn(C)c2=O)=CC=C1C(=O)N(C)C. The molecule has 0 bridgehead atoms. The summed E-state index contributed by atoms with van der Waals surface area (Å²) in [4.78, 5) is 39.1. The summed E-state index contributed by atoms with van der Waals surface area (Å²) in [6.07, 6.45) is 7.81. The standard InChI is InChI=1S/C27H32N4O3/c1-7-25(32)29-23-14-12-20(11-13-22(23)26(33)30(4)5)28-24-15-19(16-31(6)27(24)34)21-10-8-9-17(2)18(21)3/h8-11,13-16,28H,7,12H2,1-6H3,(H,29,32). The van der Waals surface area contributed by atoms with Gasteiger partial charge in [-0.1, -0.05) is 31.2 Å². The zero-order chi connectivity index (χ0) is 25.0. The third kappa shape index (κ3) is 5.36. The van der Waals surface area contributed by atoms with Gasteiger partial charge in [0.15, 0.2) is 0 Å². The highest BCUT2D eigenvalue weighted by Crippen LogP contribution is 2.27. The van der Waals surface area contributed by atoms with Crippen LogP contribution in [-0.2, 0) is 16.6 Å². The Morgan fingerprint density at radius 1 is 1.15 bits per heavy atom. The first-order valence-electron chi connectivity index (χ1n) is 11.3. The molecule has 0 atom stereocenters. The van der Waals surface area contributed by atoms with E-state index in [1.165, 1.54) is 10.5 Å². The van der Waals surface area contributed by atoms with Crippen LogP contribution in [0.15, 0.2) is 70.5 Å². The molecule has 1 aromatic carbocycles.